The lowest BCUT2D eigenvalue weighted by Crippen LogP contribution is -2.44. The first-order valence-electron chi connectivity index (χ1n) is 11.1. The van der Waals surface area contributed by atoms with E-state index in [9.17, 15) is 19.5 Å². The van der Waals surface area contributed by atoms with Crippen molar-refractivity contribution in [2.24, 2.45) is 0 Å². The number of carbonyl (C=O) groups is 3. The van der Waals surface area contributed by atoms with E-state index in [4.69, 9.17) is 9.47 Å². The van der Waals surface area contributed by atoms with Gasteiger partial charge in [-0.25, -0.2) is 9.59 Å². The third-order valence-electron chi connectivity index (χ3n) is 6.46. The molecule has 0 atom stereocenters. The van der Waals surface area contributed by atoms with Crippen molar-refractivity contribution in [2.75, 3.05) is 33.4 Å². The van der Waals surface area contributed by atoms with Crippen LogP contribution in [0.15, 0.2) is 48.5 Å². The Morgan fingerprint density at radius 2 is 1.64 bits per heavy atom. The summed E-state index contributed by atoms with van der Waals surface area (Å²) in [4.78, 5) is 36.9. The summed E-state index contributed by atoms with van der Waals surface area (Å²) in [7, 11) is 1.52. The van der Waals surface area contributed by atoms with E-state index in [0.29, 0.717) is 12.8 Å². The van der Waals surface area contributed by atoms with Gasteiger partial charge >= 0.3 is 12.1 Å². The molecule has 8 heteroatoms. The summed E-state index contributed by atoms with van der Waals surface area (Å²) in [6.07, 6.45) is 0.537. The number of hydrogen-bond donors (Lipinski definition) is 2. The highest BCUT2D eigenvalue weighted by atomic mass is 16.5. The Balaban J connectivity index is 1.15. The van der Waals surface area contributed by atoms with Crippen LogP contribution in [-0.2, 0) is 19.1 Å². The second kappa shape index (κ2) is 9.62. The quantitative estimate of drug-likeness (QED) is 0.537. The van der Waals surface area contributed by atoms with Crippen LogP contribution in [0.1, 0.15) is 36.3 Å². The molecule has 2 amide bonds. The molecule has 8 nitrogen and oxygen atoms in total. The van der Waals surface area contributed by atoms with Gasteiger partial charge in [0, 0.05) is 19.5 Å². The van der Waals surface area contributed by atoms with Gasteiger partial charge in [0.25, 0.3) is 0 Å². The number of fused-ring (bicyclic) bond motifs is 3. The molecule has 174 valence electrons. The van der Waals surface area contributed by atoms with Crippen LogP contribution in [0.3, 0.4) is 0 Å². The molecular formula is C25H28N2O6. The molecule has 1 fully saturated rings. The number of benzene rings is 2. The normalized spacial score (nSPS) is 15.3. The molecule has 1 saturated carbocycles. The van der Waals surface area contributed by atoms with E-state index in [1.807, 2.05) is 24.3 Å². The predicted octanol–water partition coefficient (Wildman–Crippen LogP) is 3.01. The summed E-state index contributed by atoms with van der Waals surface area (Å²) in [5.41, 5.74) is 3.61. The molecule has 0 saturated heterocycles. The van der Waals surface area contributed by atoms with Gasteiger partial charge in [0.15, 0.2) is 0 Å². The largest absolute Gasteiger partial charge is 0.479 e. The molecule has 0 radical (unpaired) electrons. The van der Waals surface area contributed by atoms with E-state index in [1.54, 1.807) is 0 Å². The van der Waals surface area contributed by atoms with Crippen molar-refractivity contribution in [3.63, 3.8) is 0 Å². The monoisotopic (exact) mass is 452 g/mol. The molecule has 4 rings (SSSR count). The molecule has 2 aromatic carbocycles. The van der Waals surface area contributed by atoms with Crippen LogP contribution in [0.25, 0.3) is 11.1 Å². The second-order valence-electron chi connectivity index (χ2n) is 8.40. The molecule has 0 aromatic heterocycles. The second-order valence-corrected chi connectivity index (χ2v) is 8.40. The third kappa shape index (κ3) is 4.71. The number of alkyl carbamates (subject to hydrolysis) is 1. The smallest absolute Gasteiger partial charge is 0.407 e. The molecular weight excluding hydrogens is 424 g/mol. The maximum Gasteiger partial charge on any atom is 0.407 e. The van der Waals surface area contributed by atoms with Crippen molar-refractivity contribution in [3.8, 4) is 11.1 Å². The highest BCUT2D eigenvalue weighted by molar-refractivity contribution is 5.89. The average molecular weight is 453 g/mol. The summed E-state index contributed by atoms with van der Waals surface area (Å²) < 4.78 is 10.9. The maximum atomic E-state index is 12.2. The van der Waals surface area contributed by atoms with Crippen molar-refractivity contribution in [1.82, 2.24) is 10.2 Å². The molecule has 33 heavy (non-hydrogen) atoms. The van der Waals surface area contributed by atoms with E-state index < -0.39 is 17.6 Å². The van der Waals surface area contributed by atoms with Gasteiger partial charge in [-0.15, -0.1) is 0 Å². The van der Waals surface area contributed by atoms with Crippen molar-refractivity contribution < 1.29 is 29.0 Å². The van der Waals surface area contributed by atoms with Gasteiger partial charge < -0.3 is 24.8 Å². The molecule has 2 N–H and O–H groups in total. The Hall–Kier alpha value is -3.39. The fourth-order valence-electron chi connectivity index (χ4n) is 4.35. The minimum atomic E-state index is -1.04. The van der Waals surface area contributed by atoms with Crippen molar-refractivity contribution in [1.29, 1.82) is 0 Å². The fourth-order valence-corrected chi connectivity index (χ4v) is 4.35. The number of hydrogen-bond acceptors (Lipinski definition) is 5. The van der Waals surface area contributed by atoms with Crippen molar-refractivity contribution in [3.05, 3.63) is 59.7 Å². The number of aliphatic carboxylic acids is 1. The van der Waals surface area contributed by atoms with E-state index in [-0.39, 0.29) is 44.6 Å². The summed E-state index contributed by atoms with van der Waals surface area (Å²) in [5, 5.41) is 11.9. The zero-order valence-electron chi connectivity index (χ0n) is 18.6. The van der Waals surface area contributed by atoms with Gasteiger partial charge in [0.2, 0.25) is 5.91 Å². The van der Waals surface area contributed by atoms with Gasteiger partial charge in [-0.2, -0.15) is 0 Å². The van der Waals surface area contributed by atoms with E-state index >= 15 is 0 Å². The lowest BCUT2D eigenvalue weighted by atomic mass is 9.98. The topological polar surface area (TPSA) is 105 Å². The van der Waals surface area contributed by atoms with Crippen LogP contribution in [-0.4, -0.2) is 66.9 Å². The van der Waals surface area contributed by atoms with Crippen LogP contribution in [0.4, 0.5) is 4.79 Å². The Labute approximate surface area is 192 Å². The van der Waals surface area contributed by atoms with Crippen LogP contribution >= 0.6 is 0 Å². The van der Waals surface area contributed by atoms with Gasteiger partial charge in [-0.05, 0) is 35.1 Å². The number of carbonyl (C=O) groups excluding carboxylic acids is 2. The van der Waals surface area contributed by atoms with Crippen LogP contribution in [0.2, 0.25) is 0 Å². The van der Waals surface area contributed by atoms with E-state index in [0.717, 1.165) is 11.1 Å². The summed E-state index contributed by atoms with van der Waals surface area (Å²) in [6.45, 7) is 0.878. The maximum absolute atomic E-state index is 12.2. The minimum Gasteiger partial charge on any atom is -0.479 e. The molecule has 2 aliphatic rings. The Bertz CT molecular complexity index is 1000. The molecule has 0 unspecified atom stereocenters. The van der Waals surface area contributed by atoms with Gasteiger partial charge in [0.1, 0.15) is 12.1 Å². The first-order valence-corrected chi connectivity index (χ1v) is 11.1. The molecule has 2 aliphatic carbocycles. The number of amides is 2. The van der Waals surface area contributed by atoms with E-state index in [2.05, 4.69) is 29.6 Å². The minimum absolute atomic E-state index is 0.00275. The highest BCUT2D eigenvalue weighted by Gasteiger charge is 2.55. The number of rotatable bonds is 10. The van der Waals surface area contributed by atoms with E-state index in [1.165, 1.54) is 23.1 Å². The van der Waals surface area contributed by atoms with Crippen LogP contribution in [0, 0.1) is 0 Å². The summed E-state index contributed by atoms with van der Waals surface area (Å²) >= 11 is 0. The van der Waals surface area contributed by atoms with Gasteiger partial charge in [-0.3, -0.25) is 4.79 Å². The standard InChI is InChI=1S/C25H28N2O6/c1-27(25(11-12-25)23(29)30)22(28)10-14-32-15-13-26-24(31)33-16-21-19-8-4-2-6-17(19)18-7-3-5-9-20(18)21/h2-9,21H,10-16H2,1H3,(H,26,31)(H,29,30). The number of carboxylic acid groups (broad SMARTS) is 1. The SMILES string of the molecule is CN(C(=O)CCOCCNC(=O)OCC1c2ccccc2-c2ccccc21)C1(C(=O)O)CC1. The molecule has 0 bridgehead atoms. The number of nitrogens with one attached hydrogen (secondary N) is 1. The summed E-state index contributed by atoms with van der Waals surface area (Å²) in [6, 6.07) is 16.3. The lowest BCUT2D eigenvalue weighted by Gasteiger charge is -2.24. The third-order valence-corrected chi connectivity index (χ3v) is 6.46. The number of carboxylic acids is 1. The van der Waals surface area contributed by atoms with Crippen molar-refractivity contribution in [2.45, 2.75) is 30.7 Å². The number of likely N-dealkylation sites (N-methyl/N-ethyl adjacent to an activating group) is 1. The molecule has 0 spiro atoms. The zero-order chi connectivity index (χ0) is 23.4. The Morgan fingerprint density at radius 3 is 2.21 bits per heavy atom. The molecule has 2 aromatic rings. The molecule has 0 heterocycles. The highest BCUT2D eigenvalue weighted by Crippen LogP contribution is 2.44. The fraction of sp³-hybridized carbons (Fsp3) is 0.400. The Kier molecular flexibility index (Phi) is 6.65. The number of ether oxygens (including phenoxy) is 2. The van der Waals surface area contributed by atoms with Gasteiger partial charge in [0.05, 0.1) is 19.6 Å². The summed E-state index contributed by atoms with van der Waals surface area (Å²) in [5.74, 6) is -1.23. The number of nitrogens with zero attached hydrogens (tertiary/aromatic N) is 1. The van der Waals surface area contributed by atoms with Gasteiger partial charge in [-0.1, -0.05) is 48.5 Å². The predicted molar refractivity (Wildman–Crippen MR) is 121 cm³/mol. The van der Waals surface area contributed by atoms with Crippen molar-refractivity contribution >= 4 is 18.0 Å². The zero-order valence-corrected chi connectivity index (χ0v) is 18.6. The average Bonchev–Trinajstić information content (AvgIpc) is 3.58. The Morgan fingerprint density at radius 1 is 1.03 bits per heavy atom. The first-order chi connectivity index (χ1) is 15.9. The van der Waals surface area contributed by atoms with Crippen LogP contribution in [0.5, 0.6) is 0 Å². The molecule has 0 aliphatic heterocycles. The van der Waals surface area contributed by atoms with Crippen LogP contribution < -0.4 is 5.32 Å². The first kappa shape index (κ1) is 22.8. The lowest BCUT2D eigenvalue weighted by molar-refractivity contribution is -0.151.